The SMILES string of the molecule is CCOCC(=O)Nc1cc(N)ccc1Br. The molecule has 0 bridgehead atoms. The van der Waals surface area contributed by atoms with Gasteiger partial charge in [-0.25, -0.2) is 0 Å². The minimum Gasteiger partial charge on any atom is -0.399 e. The highest BCUT2D eigenvalue weighted by atomic mass is 79.9. The first-order valence-electron chi connectivity index (χ1n) is 4.56. The van der Waals surface area contributed by atoms with Crippen molar-refractivity contribution in [3.8, 4) is 0 Å². The number of carbonyl (C=O) groups excluding carboxylic acids is 1. The summed E-state index contributed by atoms with van der Waals surface area (Å²) in [5.41, 5.74) is 6.85. The molecule has 3 N–H and O–H groups in total. The highest BCUT2D eigenvalue weighted by molar-refractivity contribution is 9.10. The van der Waals surface area contributed by atoms with Crippen molar-refractivity contribution in [2.75, 3.05) is 24.3 Å². The molecule has 1 amide bonds. The summed E-state index contributed by atoms with van der Waals surface area (Å²) in [6.07, 6.45) is 0. The van der Waals surface area contributed by atoms with E-state index in [1.807, 2.05) is 6.92 Å². The largest absolute Gasteiger partial charge is 0.399 e. The second-order valence-corrected chi connectivity index (χ2v) is 3.78. The molecule has 1 aromatic rings. The Bertz CT molecular complexity index is 355. The summed E-state index contributed by atoms with van der Waals surface area (Å²) in [5, 5.41) is 2.70. The normalized spacial score (nSPS) is 10.0. The van der Waals surface area contributed by atoms with E-state index >= 15 is 0 Å². The van der Waals surface area contributed by atoms with Gasteiger partial charge in [0.05, 0.1) is 5.69 Å². The van der Waals surface area contributed by atoms with Gasteiger partial charge in [0.25, 0.3) is 0 Å². The summed E-state index contributed by atoms with van der Waals surface area (Å²) in [7, 11) is 0. The molecule has 1 aromatic carbocycles. The van der Waals surface area contributed by atoms with Crippen LogP contribution in [0.15, 0.2) is 22.7 Å². The lowest BCUT2D eigenvalue weighted by atomic mass is 10.3. The van der Waals surface area contributed by atoms with Crippen LogP contribution in [0.2, 0.25) is 0 Å². The number of nitrogens with two attached hydrogens (primary N) is 1. The van der Waals surface area contributed by atoms with E-state index in [-0.39, 0.29) is 12.5 Å². The number of hydrogen-bond donors (Lipinski definition) is 2. The third-order valence-electron chi connectivity index (χ3n) is 1.70. The van der Waals surface area contributed by atoms with Crippen LogP contribution in [0.25, 0.3) is 0 Å². The van der Waals surface area contributed by atoms with E-state index in [0.717, 1.165) is 4.47 Å². The van der Waals surface area contributed by atoms with Gasteiger partial charge in [-0.15, -0.1) is 0 Å². The highest BCUT2D eigenvalue weighted by Gasteiger charge is 2.05. The predicted molar refractivity (Wildman–Crippen MR) is 63.7 cm³/mol. The van der Waals surface area contributed by atoms with E-state index in [1.165, 1.54) is 0 Å². The van der Waals surface area contributed by atoms with Crippen molar-refractivity contribution in [3.05, 3.63) is 22.7 Å². The summed E-state index contributed by atoms with van der Waals surface area (Å²) in [6, 6.07) is 5.22. The Morgan fingerprint density at radius 1 is 1.60 bits per heavy atom. The number of hydrogen-bond acceptors (Lipinski definition) is 3. The summed E-state index contributed by atoms with van der Waals surface area (Å²) in [5.74, 6) is -0.192. The van der Waals surface area contributed by atoms with Gasteiger partial charge in [-0.2, -0.15) is 0 Å². The molecule has 0 aromatic heterocycles. The second kappa shape index (κ2) is 5.72. The molecular weight excluding hydrogens is 260 g/mol. The molecule has 0 aliphatic carbocycles. The number of rotatable bonds is 4. The molecule has 0 aliphatic heterocycles. The molecule has 0 aliphatic rings. The van der Waals surface area contributed by atoms with Gasteiger partial charge in [-0.3, -0.25) is 4.79 Å². The fourth-order valence-corrected chi connectivity index (χ4v) is 1.37. The monoisotopic (exact) mass is 272 g/mol. The molecule has 82 valence electrons. The number of nitrogen functional groups attached to an aromatic ring is 1. The van der Waals surface area contributed by atoms with Crippen LogP contribution in [0.4, 0.5) is 11.4 Å². The summed E-state index contributed by atoms with van der Waals surface area (Å²) in [4.78, 5) is 11.3. The van der Waals surface area contributed by atoms with E-state index in [2.05, 4.69) is 21.2 Å². The Morgan fingerprint density at radius 2 is 2.33 bits per heavy atom. The Kier molecular flexibility index (Phi) is 4.58. The number of ether oxygens (including phenoxy) is 1. The number of halogens is 1. The molecule has 0 atom stereocenters. The van der Waals surface area contributed by atoms with Crippen LogP contribution in [0.1, 0.15) is 6.92 Å². The van der Waals surface area contributed by atoms with Gasteiger partial charge in [0.1, 0.15) is 6.61 Å². The molecule has 0 unspecified atom stereocenters. The van der Waals surface area contributed by atoms with Crippen molar-refractivity contribution < 1.29 is 9.53 Å². The molecule has 0 fully saturated rings. The van der Waals surface area contributed by atoms with E-state index in [4.69, 9.17) is 10.5 Å². The summed E-state index contributed by atoms with van der Waals surface area (Å²) in [6.45, 7) is 2.41. The molecule has 0 saturated carbocycles. The van der Waals surface area contributed by atoms with Crippen molar-refractivity contribution in [1.82, 2.24) is 0 Å². The Hall–Kier alpha value is -1.07. The van der Waals surface area contributed by atoms with Crippen molar-refractivity contribution in [1.29, 1.82) is 0 Å². The minimum atomic E-state index is -0.192. The lowest BCUT2D eigenvalue weighted by Gasteiger charge is -2.07. The fraction of sp³-hybridized carbons (Fsp3) is 0.300. The molecule has 15 heavy (non-hydrogen) atoms. The first-order chi connectivity index (χ1) is 7.13. The minimum absolute atomic E-state index is 0.0533. The van der Waals surface area contributed by atoms with E-state index in [9.17, 15) is 4.79 Å². The van der Waals surface area contributed by atoms with Crippen molar-refractivity contribution in [2.45, 2.75) is 6.92 Å². The molecule has 0 radical (unpaired) electrons. The fourth-order valence-electron chi connectivity index (χ4n) is 1.02. The van der Waals surface area contributed by atoms with E-state index < -0.39 is 0 Å². The van der Waals surface area contributed by atoms with Crippen LogP contribution in [0.5, 0.6) is 0 Å². The van der Waals surface area contributed by atoms with Gasteiger partial charge in [0.2, 0.25) is 5.91 Å². The maximum Gasteiger partial charge on any atom is 0.250 e. The highest BCUT2D eigenvalue weighted by Crippen LogP contribution is 2.24. The standard InChI is InChI=1S/C10H13BrN2O2/c1-2-15-6-10(14)13-9-5-7(12)3-4-8(9)11/h3-5H,2,6,12H2,1H3,(H,13,14). The lowest BCUT2D eigenvalue weighted by Crippen LogP contribution is -2.18. The van der Waals surface area contributed by atoms with Gasteiger partial charge in [0.15, 0.2) is 0 Å². The summed E-state index contributed by atoms with van der Waals surface area (Å²) < 4.78 is 5.77. The molecule has 5 heteroatoms. The van der Waals surface area contributed by atoms with Gasteiger partial charge in [-0.05, 0) is 41.1 Å². The van der Waals surface area contributed by atoms with Crippen LogP contribution < -0.4 is 11.1 Å². The van der Waals surface area contributed by atoms with Crippen molar-refractivity contribution in [3.63, 3.8) is 0 Å². The van der Waals surface area contributed by atoms with Crippen molar-refractivity contribution in [2.24, 2.45) is 0 Å². The number of amides is 1. The number of carbonyl (C=O) groups is 1. The van der Waals surface area contributed by atoms with Crippen LogP contribution in [0.3, 0.4) is 0 Å². The Balaban J connectivity index is 2.63. The van der Waals surface area contributed by atoms with Crippen molar-refractivity contribution >= 4 is 33.2 Å². The van der Waals surface area contributed by atoms with Crippen LogP contribution >= 0.6 is 15.9 Å². The molecule has 1 rings (SSSR count). The lowest BCUT2D eigenvalue weighted by molar-refractivity contribution is -0.120. The van der Waals surface area contributed by atoms with Gasteiger partial charge in [0, 0.05) is 16.8 Å². The summed E-state index contributed by atoms with van der Waals surface area (Å²) >= 11 is 3.32. The van der Waals surface area contributed by atoms with E-state index in [1.54, 1.807) is 18.2 Å². The molecule has 4 nitrogen and oxygen atoms in total. The maximum atomic E-state index is 11.3. The van der Waals surface area contributed by atoms with Gasteiger partial charge >= 0.3 is 0 Å². The number of anilines is 2. The number of benzene rings is 1. The smallest absolute Gasteiger partial charge is 0.250 e. The zero-order valence-electron chi connectivity index (χ0n) is 8.42. The molecule has 0 saturated heterocycles. The average molecular weight is 273 g/mol. The quantitative estimate of drug-likeness (QED) is 0.825. The predicted octanol–water partition coefficient (Wildman–Crippen LogP) is 2.01. The van der Waals surface area contributed by atoms with Crippen LogP contribution in [-0.2, 0) is 9.53 Å². The van der Waals surface area contributed by atoms with Gasteiger partial charge in [-0.1, -0.05) is 0 Å². The van der Waals surface area contributed by atoms with E-state index in [0.29, 0.717) is 18.0 Å². The van der Waals surface area contributed by atoms with Crippen LogP contribution in [-0.4, -0.2) is 19.1 Å². The Morgan fingerprint density at radius 3 is 3.00 bits per heavy atom. The molecule has 0 spiro atoms. The first kappa shape index (κ1) is 12.0. The zero-order valence-corrected chi connectivity index (χ0v) is 10.0. The second-order valence-electron chi connectivity index (χ2n) is 2.92. The molecular formula is C10H13BrN2O2. The topological polar surface area (TPSA) is 64.3 Å². The zero-order chi connectivity index (χ0) is 11.3. The first-order valence-corrected chi connectivity index (χ1v) is 5.35. The molecule has 0 heterocycles. The van der Waals surface area contributed by atoms with Crippen LogP contribution in [0, 0.1) is 0 Å². The third-order valence-corrected chi connectivity index (χ3v) is 2.39. The van der Waals surface area contributed by atoms with Gasteiger partial charge < -0.3 is 15.8 Å². The third kappa shape index (κ3) is 3.89. The maximum absolute atomic E-state index is 11.3. The average Bonchev–Trinajstić information content (AvgIpc) is 2.20. The number of nitrogens with one attached hydrogen (secondary N) is 1. The Labute approximate surface area is 96.9 Å².